The first kappa shape index (κ1) is 16.7. The van der Waals surface area contributed by atoms with Gasteiger partial charge in [-0.3, -0.25) is 4.79 Å². The molecule has 8 heteroatoms. The third-order valence-electron chi connectivity index (χ3n) is 4.09. The van der Waals surface area contributed by atoms with Crippen LogP contribution in [0.4, 0.5) is 5.69 Å². The maximum atomic E-state index is 12.6. The van der Waals surface area contributed by atoms with Crippen molar-refractivity contribution in [1.29, 1.82) is 0 Å². The molecule has 1 aliphatic rings. The fourth-order valence-electron chi connectivity index (χ4n) is 2.89. The fraction of sp³-hybridized carbons (Fsp3) is 0.375. The summed E-state index contributed by atoms with van der Waals surface area (Å²) in [6.45, 7) is 4.94. The second-order valence-corrected chi connectivity index (χ2v) is 7.61. The average Bonchev–Trinajstić information content (AvgIpc) is 2.85. The van der Waals surface area contributed by atoms with E-state index in [9.17, 15) is 13.2 Å². The minimum absolute atomic E-state index is 0.00223. The van der Waals surface area contributed by atoms with Gasteiger partial charge in [0.2, 0.25) is 15.9 Å². The Labute approximate surface area is 140 Å². The van der Waals surface area contributed by atoms with E-state index in [4.69, 9.17) is 4.52 Å². The van der Waals surface area contributed by atoms with Gasteiger partial charge in [0.25, 0.3) is 0 Å². The molecular weight excluding hydrogens is 330 g/mol. The van der Waals surface area contributed by atoms with Crippen LogP contribution in [0.15, 0.2) is 27.6 Å². The van der Waals surface area contributed by atoms with Gasteiger partial charge in [-0.15, -0.1) is 0 Å². The zero-order valence-corrected chi connectivity index (χ0v) is 14.5. The Morgan fingerprint density at radius 1 is 1.29 bits per heavy atom. The number of nitrogens with one attached hydrogen (secondary N) is 2. The molecule has 0 radical (unpaired) electrons. The van der Waals surface area contributed by atoms with E-state index >= 15 is 0 Å². The number of fused-ring (bicyclic) bond motifs is 1. The molecule has 0 bridgehead atoms. The van der Waals surface area contributed by atoms with Crippen molar-refractivity contribution in [3.63, 3.8) is 0 Å². The first-order valence-corrected chi connectivity index (χ1v) is 9.14. The predicted octanol–water partition coefficient (Wildman–Crippen LogP) is 2.22. The number of nitrogens with zero attached hydrogens (tertiary/aromatic N) is 1. The number of anilines is 1. The van der Waals surface area contributed by atoms with Gasteiger partial charge in [-0.2, -0.15) is 0 Å². The predicted molar refractivity (Wildman–Crippen MR) is 88.1 cm³/mol. The molecule has 0 spiro atoms. The van der Waals surface area contributed by atoms with E-state index in [0.717, 1.165) is 16.8 Å². The number of sulfonamides is 1. The van der Waals surface area contributed by atoms with Gasteiger partial charge in [-0.25, -0.2) is 13.1 Å². The third-order valence-corrected chi connectivity index (χ3v) is 5.88. The molecule has 3 rings (SSSR count). The van der Waals surface area contributed by atoms with E-state index in [1.807, 2.05) is 18.2 Å². The second kappa shape index (κ2) is 6.03. The van der Waals surface area contributed by atoms with Crippen molar-refractivity contribution in [3.05, 3.63) is 40.8 Å². The first-order chi connectivity index (χ1) is 11.3. The third kappa shape index (κ3) is 3.07. The van der Waals surface area contributed by atoms with Crippen molar-refractivity contribution >= 4 is 21.6 Å². The molecule has 0 saturated heterocycles. The van der Waals surface area contributed by atoms with Gasteiger partial charge in [-0.1, -0.05) is 17.3 Å². The van der Waals surface area contributed by atoms with Crippen molar-refractivity contribution in [2.24, 2.45) is 0 Å². The normalized spacial score (nSPS) is 15.7. The molecule has 1 atom stereocenters. The van der Waals surface area contributed by atoms with E-state index in [0.29, 0.717) is 18.5 Å². The Bertz CT molecular complexity index is 883. The van der Waals surface area contributed by atoms with E-state index in [-0.39, 0.29) is 16.6 Å². The van der Waals surface area contributed by atoms with Crippen LogP contribution < -0.4 is 10.0 Å². The number of hydrogen-bond donors (Lipinski definition) is 2. The molecule has 2 heterocycles. The standard InChI is InChI=1S/C16H19N3O4S/c1-9(19-24(21,22)16-10(2)18-23-11(16)3)12-4-6-14-13(8-12)5-7-15(20)17-14/h4,6,8-9,19H,5,7H2,1-3H3,(H,17,20). The summed E-state index contributed by atoms with van der Waals surface area (Å²) < 4.78 is 32.8. The van der Waals surface area contributed by atoms with Gasteiger partial charge in [0, 0.05) is 18.2 Å². The average molecular weight is 349 g/mol. The maximum absolute atomic E-state index is 12.6. The molecule has 1 aromatic heterocycles. The lowest BCUT2D eigenvalue weighted by molar-refractivity contribution is -0.116. The highest BCUT2D eigenvalue weighted by Gasteiger charge is 2.26. The molecule has 7 nitrogen and oxygen atoms in total. The molecular formula is C16H19N3O4S. The van der Waals surface area contributed by atoms with Gasteiger partial charge in [0.05, 0.1) is 0 Å². The quantitative estimate of drug-likeness (QED) is 0.881. The number of carbonyl (C=O) groups is 1. The zero-order chi connectivity index (χ0) is 17.5. The summed E-state index contributed by atoms with van der Waals surface area (Å²) >= 11 is 0. The van der Waals surface area contributed by atoms with E-state index in [1.54, 1.807) is 20.8 Å². The van der Waals surface area contributed by atoms with Gasteiger partial charge < -0.3 is 9.84 Å². The zero-order valence-electron chi connectivity index (χ0n) is 13.7. The molecule has 0 fully saturated rings. The first-order valence-electron chi connectivity index (χ1n) is 7.66. The molecule has 0 aliphatic carbocycles. The van der Waals surface area contributed by atoms with E-state index < -0.39 is 16.1 Å². The number of aromatic nitrogens is 1. The topological polar surface area (TPSA) is 101 Å². The van der Waals surface area contributed by atoms with Crippen LogP contribution in [0.25, 0.3) is 0 Å². The Balaban J connectivity index is 1.85. The van der Waals surface area contributed by atoms with Crippen LogP contribution >= 0.6 is 0 Å². The molecule has 24 heavy (non-hydrogen) atoms. The van der Waals surface area contributed by atoms with E-state index in [2.05, 4.69) is 15.2 Å². The van der Waals surface area contributed by atoms with Crippen LogP contribution in [0.1, 0.15) is 42.0 Å². The lowest BCUT2D eigenvalue weighted by Crippen LogP contribution is -2.28. The van der Waals surface area contributed by atoms with Crippen LogP contribution in [0.5, 0.6) is 0 Å². The lowest BCUT2D eigenvalue weighted by atomic mass is 9.98. The minimum Gasteiger partial charge on any atom is -0.360 e. The van der Waals surface area contributed by atoms with Crippen LogP contribution in [0, 0.1) is 13.8 Å². The summed E-state index contributed by atoms with van der Waals surface area (Å²) in [6.07, 6.45) is 1.09. The summed E-state index contributed by atoms with van der Waals surface area (Å²) in [5.41, 5.74) is 2.96. The number of benzene rings is 1. The highest BCUT2D eigenvalue weighted by molar-refractivity contribution is 7.89. The maximum Gasteiger partial charge on any atom is 0.246 e. The number of carbonyl (C=O) groups excluding carboxylic acids is 1. The fourth-order valence-corrected chi connectivity index (χ4v) is 4.45. The highest BCUT2D eigenvalue weighted by atomic mass is 32.2. The summed E-state index contributed by atoms with van der Waals surface area (Å²) in [4.78, 5) is 11.5. The summed E-state index contributed by atoms with van der Waals surface area (Å²) in [5, 5.41) is 6.51. The van der Waals surface area contributed by atoms with E-state index in [1.165, 1.54) is 0 Å². The molecule has 1 aromatic carbocycles. The van der Waals surface area contributed by atoms with Crippen molar-refractivity contribution in [3.8, 4) is 0 Å². The highest BCUT2D eigenvalue weighted by Crippen LogP contribution is 2.27. The Morgan fingerprint density at radius 3 is 2.71 bits per heavy atom. The van der Waals surface area contributed by atoms with Crippen LogP contribution in [0.2, 0.25) is 0 Å². The largest absolute Gasteiger partial charge is 0.360 e. The van der Waals surface area contributed by atoms with Crippen molar-refractivity contribution in [1.82, 2.24) is 9.88 Å². The molecule has 1 aliphatic heterocycles. The molecule has 128 valence electrons. The lowest BCUT2D eigenvalue weighted by Gasteiger charge is -2.20. The Morgan fingerprint density at radius 2 is 2.04 bits per heavy atom. The SMILES string of the molecule is Cc1noc(C)c1S(=O)(=O)NC(C)c1ccc2c(c1)CCC(=O)N2. The van der Waals surface area contributed by atoms with Crippen LogP contribution in [-0.2, 0) is 21.2 Å². The van der Waals surface area contributed by atoms with Gasteiger partial charge in [-0.05, 0) is 44.4 Å². The molecule has 0 saturated carbocycles. The summed E-state index contributed by atoms with van der Waals surface area (Å²) in [5.74, 6) is 0.266. The molecule has 2 aromatic rings. The number of hydrogen-bond acceptors (Lipinski definition) is 5. The van der Waals surface area contributed by atoms with Gasteiger partial charge >= 0.3 is 0 Å². The smallest absolute Gasteiger partial charge is 0.246 e. The van der Waals surface area contributed by atoms with Gasteiger partial charge in [0.1, 0.15) is 10.6 Å². The minimum atomic E-state index is -3.73. The van der Waals surface area contributed by atoms with Crippen LogP contribution in [0.3, 0.4) is 0 Å². The second-order valence-electron chi connectivity index (χ2n) is 5.96. The van der Waals surface area contributed by atoms with Crippen molar-refractivity contribution < 1.29 is 17.7 Å². The molecule has 2 N–H and O–H groups in total. The monoisotopic (exact) mass is 349 g/mol. The summed E-state index contributed by atoms with van der Waals surface area (Å²) in [6, 6.07) is 5.12. The Hall–Kier alpha value is -2.19. The number of aryl methyl sites for hydroxylation is 3. The van der Waals surface area contributed by atoms with Crippen molar-refractivity contribution in [2.45, 2.75) is 44.6 Å². The van der Waals surface area contributed by atoms with Crippen LogP contribution in [-0.4, -0.2) is 19.5 Å². The number of rotatable bonds is 4. The molecule has 1 amide bonds. The Kier molecular flexibility index (Phi) is 4.18. The number of amides is 1. The molecule has 1 unspecified atom stereocenters. The summed E-state index contributed by atoms with van der Waals surface area (Å²) in [7, 11) is -3.73. The van der Waals surface area contributed by atoms with Crippen molar-refractivity contribution in [2.75, 3.05) is 5.32 Å². The van der Waals surface area contributed by atoms with Gasteiger partial charge in [0.15, 0.2) is 5.76 Å².